The molecule has 5 nitrogen and oxygen atoms in total. The fourth-order valence-corrected chi connectivity index (χ4v) is 5.61. The van der Waals surface area contributed by atoms with Crippen LogP contribution in [-0.4, -0.2) is 47.9 Å². The van der Waals surface area contributed by atoms with Crippen LogP contribution in [0.15, 0.2) is 42.5 Å². The first kappa shape index (κ1) is 29.8. The summed E-state index contributed by atoms with van der Waals surface area (Å²) in [6.45, 7) is 10.6. The summed E-state index contributed by atoms with van der Waals surface area (Å²) in [5, 5.41) is 31.4. The van der Waals surface area contributed by atoms with Crippen molar-refractivity contribution < 1.29 is 24.5 Å². The first-order valence-corrected chi connectivity index (χ1v) is 16.3. The van der Waals surface area contributed by atoms with Crippen molar-refractivity contribution in [1.82, 2.24) is 0 Å². The maximum absolute atomic E-state index is 12.2. The maximum atomic E-state index is 12.2. The number of carbonyl (C=O) groups excluding carboxylic acids is 1. The van der Waals surface area contributed by atoms with E-state index in [2.05, 4.69) is 58.2 Å². The van der Waals surface area contributed by atoms with E-state index in [1.165, 1.54) is 5.56 Å². The van der Waals surface area contributed by atoms with Crippen LogP contribution in [0.5, 0.6) is 0 Å². The summed E-state index contributed by atoms with van der Waals surface area (Å²) in [4.78, 5) is 12.2. The number of hydrogen-bond donors (Lipinski definition) is 3. The van der Waals surface area contributed by atoms with E-state index in [4.69, 9.17) is 4.43 Å². The number of carbonyl (C=O) groups is 1. The van der Waals surface area contributed by atoms with Crippen LogP contribution in [0.4, 0.5) is 0 Å². The second kappa shape index (κ2) is 13.7. The van der Waals surface area contributed by atoms with Gasteiger partial charge < -0.3 is 19.7 Å². The van der Waals surface area contributed by atoms with E-state index in [0.29, 0.717) is 38.5 Å². The lowest BCUT2D eigenvalue weighted by molar-refractivity contribution is -0.135. The van der Waals surface area contributed by atoms with Gasteiger partial charge in [0.2, 0.25) is 0 Å². The Morgan fingerprint density at radius 3 is 2.40 bits per heavy atom. The highest BCUT2D eigenvalue weighted by Gasteiger charge is 2.41. The average Bonchev–Trinajstić information content (AvgIpc) is 3.04. The van der Waals surface area contributed by atoms with Crippen LogP contribution < -0.4 is 0 Å². The third kappa shape index (κ3) is 9.83. The summed E-state index contributed by atoms with van der Waals surface area (Å²) in [5.41, 5.74) is 1.22. The number of allylic oxidation sites excluding steroid dienone is 2. The molecule has 2 rings (SSSR count). The number of hydrogen-bond acceptors (Lipinski definition) is 5. The van der Waals surface area contributed by atoms with Crippen molar-refractivity contribution in [3.8, 4) is 0 Å². The first-order chi connectivity index (χ1) is 16.4. The summed E-state index contributed by atoms with van der Waals surface area (Å²) in [7, 11) is -2.06. The molecule has 1 aliphatic rings. The lowest BCUT2D eigenvalue weighted by Gasteiger charge is -2.35. The van der Waals surface area contributed by atoms with E-state index in [1.807, 2.05) is 18.2 Å². The van der Waals surface area contributed by atoms with Gasteiger partial charge in [-0.2, -0.15) is 0 Å². The van der Waals surface area contributed by atoms with Crippen LogP contribution in [0, 0.1) is 11.8 Å². The van der Waals surface area contributed by atoms with Gasteiger partial charge in [0, 0.05) is 6.42 Å². The van der Waals surface area contributed by atoms with E-state index < -0.39 is 26.6 Å². The Bertz CT molecular complexity index is 786. The Hall–Kier alpha value is -1.47. The molecule has 0 aliphatic heterocycles. The van der Waals surface area contributed by atoms with Gasteiger partial charge in [0.25, 0.3) is 14.3 Å². The van der Waals surface area contributed by atoms with Crippen molar-refractivity contribution in [2.45, 2.75) is 115 Å². The van der Waals surface area contributed by atoms with E-state index in [0.717, 1.165) is 19.3 Å². The van der Waals surface area contributed by atoms with Gasteiger partial charge >= 0.3 is 0 Å². The molecule has 0 aromatic heterocycles. The lowest BCUT2D eigenvalue weighted by Crippen LogP contribution is -2.42. The van der Waals surface area contributed by atoms with Gasteiger partial charge in [-0.1, -0.05) is 63.3 Å². The molecule has 1 saturated carbocycles. The summed E-state index contributed by atoms with van der Waals surface area (Å²) in [5.74, 6) is -0.100. The molecule has 0 heterocycles. The minimum Gasteiger partial charge on any atom is -0.519 e. The molecular formula is C29H48O5Si. The highest BCUT2D eigenvalue weighted by Crippen LogP contribution is 2.39. The molecule has 6 heteroatoms. The largest absolute Gasteiger partial charge is 0.519 e. The average molecular weight is 505 g/mol. The molecule has 35 heavy (non-hydrogen) atoms. The Labute approximate surface area is 213 Å². The zero-order valence-corrected chi connectivity index (χ0v) is 23.5. The molecule has 198 valence electrons. The van der Waals surface area contributed by atoms with Gasteiger partial charge in [0.15, 0.2) is 0 Å². The molecule has 1 aromatic rings. The van der Waals surface area contributed by atoms with Crippen molar-refractivity contribution in [3.63, 3.8) is 0 Å². The van der Waals surface area contributed by atoms with Crippen LogP contribution in [0.2, 0.25) is 18.1 Å². The molecule has 1 aromatic carbocycles. The Balaban J connectivity index is 1.71. The predicted molar refractivity (Wildman–Crippen MR) is 145 cm³/mol. The quantitative estimate of drug-likeness (QED) is 0.180. The smallest absolute Gasteiger partial charge is 0.292 e. The Morgan fingerprint density at radius 2 is 1.74 bits per heavy atom. The molecule has 0 unspecified atom stereocenters. The number of unbranched alkanes of at least 4 members (excludes halogenated alkanes) is 1. The molecule has 1 aliphatic carbocycles. The summed E-state index contributed by atoms with van der Waals surface area (Å²) in [6.07, 6.45) is 8.68. The second-order valence-electron chi connectivity index (χ2n) is 11.8. The number of aliphatic hydroxyl groups excluding tert-OH is 3. The lowest BCUT2D eigenvalue weighted by atomic mass is 9.85. The fourth-order valence-electron chi connectivity index (χ4n) is 4.64. The molecule has 0 saturated heterocycles. The Kier molecular flexibility index (Phi) is 11.7. The van der Waals surface area contributed by atoms with Gasteiger partial charge in [0.1, 0.15) is 0 Å². The van der Waals surface area contributed by atoms with Gasteiger partial charge in [-0.25, -0.2) is 0 Å². The van der Waals surface area contributed by atoms with Crippen molar-refractivity contribution in [3.05, 3.63) is 48.0 Å². The molecule has 0 radical (unpaired) electrons. The minimum absolute atomic E-state index is 0.000547. The van der Waals surface area contributed by atoms with Crippen molar-refractivity contribution in [2.24, 2.45) is 11.8 Å². The van der Waals surface area contributed by atoms with E-state index >= 15 is 0 Å². The van der Waals surface area contributed by atoms with Gasteiger partial charge in [-0.3, -0.25) is 4.79 Å². The fraction of sp³-hybridized carbons (Fsp3) is 0.690. The van der Waals surface area contributed by atoms with E-state index in [1.54, 1.807) is 0 Å². The number of rotatable bonds is 13. The number of aryl methyl sites for hydroxylation is 1. The topological polar surface area (TPSA) is 87.0 Å². The van der Waals surface area contributed by atoms with Crippen LogP contribution in [-0.2, 0) is 15.6 Å². The van der Waals surface area contributed by atoms with Crippen LogP contribution in [0.25, 0.3) is 0 Å². The van der Waals surface area contributed by atoms with Crippen LogP contribution >= 0.6 is 0 Å². The maximum Gasteiger partial charge on any atom is 0.292 e. The van der Waals surface area contributed by atoms with Crippen LogP contribution in [0.3, 0.4) is 0 Å². The molecule has 3 N–H and O–H groups in total. The number of aliphatic hydroxyl groups is 3. The standard InChI is InChI=1S/C29H48O5Si/c1-29(2,3)35(4,5)34-28(33)16-12-7-6-11-15-24-25(27(32)21-26(24)31)20-19-23(30)18-17-22-13-9-8-10-14-22/h6,8-11,13-14,23-27,30-32H,7,12,15-21H2,1-5H3/b11-6-/t23-,24+,25+,26-,27+/m0/s1. The monoisotopic (exact) mass is 504 g/mol. The van der Waals surface area contributed by atoms with E-state index in [-0.39, 0.29) is 22.8 Å². The third-order valence-corrected chi connectivity index (χ3v) is 12.3. The second-order valence-corrected chi connectivity index (χ2v) is 16.5. The molecular weight excluding hydrogens is 456 g/mol. The zero-order chi connectivity index (χ0) is 26.1. The summed E-state index contributed by atoms with van der Waals surface area (Å²) >= 11 is 0. The first-order valence-electron chi connectivity index (χ1n) is 13.4. The van der Waals surface area contributed by atoms with Gasteiger partial charge in [-0.15, -0.1) is 0 Å². The summed E-state index contributed by atoms with van der Waals surface area (Å²) in [6, 6.07) is 10.2. The molecule has 5 atom stereocenters. The van der Waals surface area contributed by atoms with Gasteiger partial charge in [-0.05, 0) is 86.9 Å². The van der Waals surface area contributed by atoms with Crippen molar-refractivity contribution in [2.75, 3.05) is 0 Å². The van der Waals surface area contributed by atoms with Crippen LogP contribution in [0.1, 0.15) is 77.7 Å². The molecule has 0 bridgehead atoms. The highest BCUT2D eigenvalue weighted by molar-refractivity contribution is 6.75. The molecule has 0 amide bonds. The number of benzene rings is 1. The van der Waals surface area contributed by atoms with Crippen molar-refractivity contribution in [1.29, 1.82) is 0 Å². The molecule has 0 spiro atoms. The van der Waals surface area contributed by atoms with Crippen molar-refractivity contribution >= 4 is 14.3 Å². The summed E-state index contributed by atoms with van der Waals surface area (Å²) < 4.78 is 5.81. The predicted octanol–water partition coefficient (Wildman–Crippen LogP) is 5.78. The minimum atomic E-state index is -2.06. The zero-order valence-electron chi connectivity index (χ0n) is 22.5. The highest BCUT2D eigenvalue weighted by atomic mass is 28.4. The van der Waals surface area contributed by atoms with E-state index in [9.17, 15) is 20.1 Å². The molecule has 1 fully saturated rings. The van der Waals surface area contributed by atoms with Gasteiger partial charge in [0.05, 0.1) is 18.3 Å². The SMILES string of the molecule is CC(C)(C)[Si](C)(C)OC(=O)CCC/C=C\C[C@@H]1[C@@H](CC[C@@H](O)CCc2ccccc2)[C@H](O)C[C@@H]1O. The normalized spacial score (nSPS) is 24.1. The third-order valence-electron chi connectivity index (χ3n) is 7.97. The Morgan fingerprint density at radius 1 is 1.09 bits per heavy atom.